The summed E-state index contributed by atoms with van der Waals surface area (Å²) in [5, 5.41) is 8.06. The van der Waals surface area contributed by atoms with E-state index in [0.29, 0.717) is 31.1 Å². The van der Waals surface area contributed by atoms with Gasteiger partial charge < -0.3 is 9.42 Å². The second-order valence-electron chi connectivity index (χ2n) is 5.61. The molecule has 0 saturated carbocycles. The lowest BCUT2D eigenvalue weighted by Gasteiger charge is -2.15. The van der Waals surface area contributed by atoms with E-state index in [2.05, 4.69) is 15.2 Å². The van der Waals surface area contributed by atoms with Crippen LogP contribution < -0.4 is 0 Å². The van der Waals surface area contributed by atoms with Gasteiger partial charge in [0.15, 0.2) is 5.82 Å². The number of carbonyl (C=O) groups excluding carboxylic acids is 1. The van der Waals surface area contributed by atoms with E-state index in [4.69, 9.17) is 4.52 Å². The fourth-order valence-corrected chi connectivity index (χ4v) is 2.37. The second-order valence-corrected chi connectivity index (χ2v) is 5.61. The van der Waals surface area contributed by atoms with Gasteiger partial charge in [0.2, 0.25) is 11.8 Å². The van der Waals surface area contributed by atoms with Gasteiger partial charge in [0.25, 0.3) is 0 Å². The van der Waals surface area contributed by atoms with E-state index < -0.39 is 0 Å². The molecule has 0 unspecified atom stereocenters. The van der Waals surface area contributed by atoms with Crippen molar-refractivity contribution >= 4 is 5.91 Å². The fraction of sp³-hybridized carbons (Fsp3) is 0.294. The van der Waals surface area contributed by atoms with Crippen LogP contribution in [0.25, 0.3) is 5.69 Å². The van der Waals surface area contributed by atoms with Crippen LogP contribution in [0.3, 0.4) is 0 Å². The van der Waals surface area contributed by atoms with E-state index in [-0.39, 0.29) is 5.91 Å². The molecule has 0 aliphatic rings. The first kappa shape index (κ1) is 15.9. The van der Waals surface area contributed by atoms with Crippen LogP contribution >= 0.6 is 0 Å². The number of carbonyl (C=O) groups is 1. The quantitative estimate of drug-likeness (QED) is 0.694. The zero-order valence-electron chi connectivity index (χ0n) is 13.7. The fourth-order valence-electron chi connectivity index (χ4n) is 2.37. The molecule has 0 radical (unpaired) electrons. The van der Waals surface area contributed by atoms with Crippen molar-refractivity contribution in [1.82, 2.24) is 24.8 Å². The van der Waals surface area contributed by atoms with Gasteiger partial charge >= 0.3 is 0 Å². The van der Waals surface area contributed by atoms with E-state index in [1.807, 2.05) is 36.5 Å². The van der Waals surface area contributed by atoms with Crippen LogP contribution in [-0.4, -0.2) is 37.8 Å². The van der Waals surface area contributed by atoms with Gasteiger partial charge in [-0.05, 0) is 19.1 Å². The standard InChI is InChI=1S/C17H19N5O2/c1-13-19-16(24-20-13)8-9-17(23)21(2)11-14-10-18-22(12-14)15-6-4-3-5-7-15/h3-7,10,12H,8-9,11H2,1-2H3. The zero-order chi connectivity index (χ0) is 16.9. The molecule has 124 valence electrons. The van der Waals surface area contributed by atoms with Crippen molar-refractivity contribution in [1.29, 1.82) is 0 Å². The van der Waals surface area contributed by atoms with Crippen molar-refractivity contribution in [2.45, 2.75) is 26.3 Å². The van der Waals surface area contributed by atoms with Crippen molar-refractivity contribution in [3.8, 4) is 5.69 Å². The number of nitrogens with zero attached hydrogens (tertiary/aromatic N) is 5. The maximum absolute atomic E-state index is 12.2. The molecule has 3 rings (SSSR count). The van der Waals surface area contributed by atoms with Gasteiger partial charge in [-0.3, -0.25) is 4.79 Å². The molecule has 7 nitrogen and oxygen atoms in total. The van der Waals surface area contributed by atoms with Gasteiger partial charge in [0.1, 0.15) is 0 Å². The third kappa shape index (κ3) is 3.87. The van der Waals surface area contributed by atoms with E-state index in [0.717, 1.165) is 11.3 Å². The summed E-state index contributed by atoms with van der Waals surface area (Å²) in [5.74, 6) is 1.10. The summed E-state index contributed by atoms with van der Waals surface area (Å²) in [6, 6.07) is 9.86. The molecule has 0 N–H and O–H groups in total. The first-order valence-corrected chi connectivity index (χ1v) is 7.74. The highest BCUT2D eigenvalue weighted by Gasteiger charge is 2.13. The van der Waals surface area contributed by atoms with E-state index in [1.165, 1.54) is 0 Å². The molecule has 0 spiro atoms. The molecular formula is C17H19N5O2. The van der Waals surface area contributed by atoms with Crippen molar-refractivity contribution in [2.75, 3.05) is 7.05 Å². The Kier molecular flexibility index (Phi) is 4.69. The Bertz CT molecular complexity index is 809. The average Bonchev–Trinajstić information content (AvgIpc) is 3.22. The molecular weight excluding hydrogens is 306 g/mol. The largest absolute Gasteiger partial charge is 0.341 e. The molecule has 0 saturated heterocycles. The maximum atomic E-state index is 12.2. The molecule has 0 bridgehead atoms. The number of benzene rings is 1. The van der Waals surface area contributed by atoms with Crippen LogP contribution in [0.4, 0.5) is 0 Å². The van der Waals surface area contributed by atoms with E-state index in [1.54, 1.807) is 29.7 Å². The van der Waals surface area contributed by atoms with Gasteiger partial charge in [-0.1, -0.05) is 23.4 Å². The first-order chi connectivity index (χ1) is 11.6. The highest BCUT2D eigenvalue weighted by molar-refractivity contribution is 5.76. The van der Waals surface area contributed by atoms with Crippen molar-refractivity contribution in [3.63, 3.8) is 0 Å². The Hall–Kier alpha value is -2.96. The third-order valence-electron chi connectivity index (χ3n) is 3.62. The van der Waals surface area contributed by atoms with Crippen LogP contribution in [0.1, 0.15) is 23.7 Å². The average molecular weight is 325 g/mol. The minimum atomic E-state index is 0.0262. The Morgan fingerprint density at radius 2 is 2.08 bits per heavy atom. The summed E-state index contributed by atoms with van der Waals surface area (Å²) >= 11 is 0. The Balaban J connectivity index is 1.55. The summed E-state index contributed by atoms with van der Waals surface area (Å²) in [6.07, 6.45) is 4.50. The van der Waals surface area contributed by atoms with Crippen LogP contribution in [0, 0.1) is 6.92 Å². The van der Waals surface area contributed by atoms with Gasteiger partial charge in [0, 0.05) is 38.2 Å². The molecule has 3 aromatic rings. The minimum absolute atomic E-state index is 0.0262. The van der Waals surface area contributed by atoms with Crippen molar-refractivity contribution < 1.29 is 9.32 Å². The number of hydrogen-bond acceptors (Lipinski definition) is 5. The number of hydrogen-bond donors (Lipinski definition) is 0. The second kappa shape index (κ2) is 7.08. The van der Waals surface area contributed by atoms with Crippen molar-refractivity contribution in [3.05, 3.63) is 60.0 Å². The Morgan fingerprint density at radius 1 is 1.29 bits per heavy atom. The molecule has 0 fully saturated rings. The highest BCUT2D eigenvalue weighted by atomic mass is 16.5. The van der Waals surface area contributed by atoms with E-state index >= 15 is 0 Å². The predicted molar refractivity (Wildman–Crippen MR) is 87.4 cm³/mol. The monoisotopic (exact) mass is 325 g/mol. The SMILES string of the molecule is Cc1noc(CCC(=O)N(C)Cc2cnn(-c3ccccc3)c2)n1. The van der Waals surface area contributed by atoms with Gasteiger partial charge in [-0.25, -0.2) is 4.68 Å². The van der Waals surface area contributed by atoms with Gasteiger partial charge in [0.05, 0.1) is 11.9 Å². The summed E-state index contributed by atoms with van der Waals surface area (Å²) in [4.78, 5) is 18.0. The summed E-state index contributed by atoms with van der Waals surface area (Å²) in [6.45, 7) is 2.26. The lowest BCUT2D eigenvalue weighted by molar-refractivity contribution is -0.130. The highest BCUT2D eigenvalue weighted by Crippen LogP contribution is 2.10. The minimum Gasteiger partial charge on any atom is -0.341 e. The Labute approximate surface area is 139 Å². The van der Waals surface area contributed by atoms with Crippen LogP contribution in [0.2, 0.25) is 0 Å². The smallest absolute Gasteiger partial charge is 0.227 e. The van der Waals surface area contributed by atoms with Crippen LogP contribution in [-0.2, 0) is 17.8 Å². The first-order valence-electron chi connectivity index (χ1n) is 7.74. The molecule has 0 aliphatic carbocycles. The topological polar surface area (TPSA) is 77.0 Å². The van der Waals surface area contributed by atoms with Gasteiger partial charge in [-0.15, -0.1) is 0 Å². The Morgan fingerprint density at radius 3 is 2.79 bits per heavy atom. The molecule has 1 aromatic carbocycles. The molecule has 24 heavy (non-hydrogen) atoms. The molecule has 2 heterocycles. The number of para-hydroxylation sites is 1. The normalized spacial score (nSPS) is 10.8. The number of aryl methyl sites for hydroxylation is 2. The summed E-state index contributed by atoms with van der Waals surface area (Å²) in [7, 11) is 1.78. The van der Waals surface area contributed by atoms with Crippen LogP contribution in [0.15, 0.2) is 47.2 Å². The molecule has 0 aliphatic heterocycles. The molecule has 1 amide bonds. The number of rotatable bonds is 6. The third-order valence-corrected chi connectivity index (χ3v) is 3.62. The summed E-state index contributed by atoms with van der Waals surface area (Å²) in [5.41, 5.74) is 1.97. The molecule has 0 atom stereocenters. The molecule has 7 heteroatoms. The lowest BCUT2D eigenvalue weighted by Crippen LogP contribution is -2.26. The number of aromatic nitrogens is 4. The lowest BCUT2D eigenvalue weighted by atomic mass is 10.2. The van der Waals surface area contributed by atoms with E-state index in [9.17, 15) is 4.79 Å². The van der Waals surface area contributed by atoms with Crippen molar-refractivity contribution in [2.24, 2.45) is 0 Å². The van der Waals surface area contributed by atoms with Gasteiger partial charge in [-0.2, -0.15) is 10.1 Å². The zero-order valence-corrected chi connectivity index (χ0v) is 13.7. The molecule has 2 aromatic heterocycles. The summed E-state index contributed by atoms with van der Waals surface area (Å²) < 4.78 is 6.82. The van der Waals surface area contributed by atoms with Crippen LogP contribution in [0.5, 0.6) is 0 Å². The maximum Gasteiger partial charge on any atom is 0.227 e. The number of amides is 1. The predicted octanol–water partition coefficient (Wildman–Crippen LogP) is 2.15.